The molecule has 0 aliphatic rings. The second kappa shape index (κ2) is 6.22. The molecule has 0 fully saturated rings. The van der Waals surface area contributed by atoms with Crippen LogP contribution in [0.4, 0.5) is 5.69 Å². The molecule has 2 rings (SSSR count). The lowest BCUT2D eigenvalue weighted by atomic mass is 10.3. The van der Waals surface area contributed by atoms with Gasteiger partial charge in [0.05, 0.1) is 24.4 Å². The van der Waals surface area contributed by atoms with Gasteiger partial charge >= 0.3 is 0 Å². The summed E-state index contributed by atoms with van der Waals surface area (Å²) in [6, 6.07) is 5.72. The van der Waals surface area contributed by atoms with E-state index in [9.17, 15) is 0 Å². The summed E-state index contributed by atoms with van der Waals surface area (Å²) < 4.78 is 2.59. The first-order chi connectivity index (χ1) is 8.69. The molecule has 96 valence electrons. The Morgan fingerprint density at radius 3 is 3.00 bits per heavy atom. The average molecular weight is 331 g/mol. The predicted octanol–water partition coefficient (Wildman–Crippen LogP) is 2.90. The molecule has 0 atom stereocenters. The van der Waals surface area contributed by atoms with Crippen LogP contribution >= 0.6 is 27.5 Å². The number of benzene rings is 1. The minimum absolute atomic E-state index is 0.0941. The standard InChI is InChI=1S/C12H13BrClN3O/c13-11-2-1-10(5-12(11)14)15-6-9-7-16-17(8-9)3-4-18/h1-2,5,7-8,15,18H,3-4,6H2. The normalized spacial score (nSPS) is 10.6. The third-order valence-electron chi connectivity index (χ3n) is 2.43. The van der Waals surface area contributed by atoms with Crippen molar-refractivity contribution >= 4 is 33.2 Å². The predicted molar refractivity (Wildman–Crippen MR) is 75.8 cm³/mol. The summed E-state index contributed by atoms with van der Waals surface area (Å²) in [5, 5.41) is 16.9. The first-order valence-electron chi connectivity index (χ1n) is 5.50. The van der Waals surface area contributed by atoms with Crippen molar-refractivity contribution in [1.82, 2.24) is 9.78 Å². The fraction of sp³-hybridized carbons (Fsp3) is 0.250. The highest BCUT2D eigenvalue weighted by Gasteiger charge is 2.01. The van der Waals surface area contributed by atoms with Crippen molar-refractivity contribution in [2.45, 2.75) is 13.1 Å². The zero-order valence-corrected chi connectivity index (χ0v) is 11.9. The van der Waals surface area contributed by atoms with Gasteiger partial charge in [-0.1, -0.05) is 11.6 Å². The van der Waals surface area contributed by atoms with Gasteiger partial charge in [0, 0.05) is 28.5 Å². The molecule has 0 radical (unpaired) electrons. The summed E-state index contributed by atoms with van der Waals surface area (Å²) in [5.74, 6) is 0. The maximum absolute atomic E-state index is 8.80. The number of aliphatic hydroxyl groups is 1. The number of nitrogens with zero attached hydrogens (tertiary/aromatic N) is 2. The summed E-state index contributed by atoms with van der Waals surface area (Å²) in [5.41, 5.74) is 2.01. The van der Waals surface area contributed by atoms with Gasteiger partial charge in [0.15, 0.2) is 0 Å². The highest BCUT2D eigenvalue weighted by molar-refractivity contribution is 9.10. The van der Waals surface area contributed by atoms with Crippen molar-refractivity contribution in [3.05, 3.63) is 45.7 Å². The maximum Gasteiger partial charge on any atom is 0.0640 e. The van der Waals surface area contributed by atoms with E-state index in [2.05, 4.69) is 26.3 Å². The van der Waals surface area contributed by atoms with E-state index in [0.717, 1.165) is 15.7 Å². The molecular weight excluding hydrogens is 318 g/mol. The zero-order chi connectivity index (χ0) is 13.0. The second-order valence-electron chi connectivity index (χ2n) is 3.82. The molecule has 0 saturated carbocycles. The van der Waals surface area contributed by atoms with Crippen LogP contribution in [0.15, 0.2) is 35.1 Å². The Labute approximate surface area is 119 Å². The van der Waals surface area contributed by atoms with Gasteiger partial charge in [-0.25, -0.2) is 0 Å². The van der Waals surface area contributed by atoms with Gasteiger partial charge < -0.3 is 10.4 Å². The third kappa shape index (κ3) is 3.48. The van der Waals surface area contributed by atoms with Gasteiger partial charge in [0.25, 0.3) is 0 Å². The number of rotatable bonds is 5. The minimum atomic E-state index is 0.0941. The molecule has 0 spiro atoms. The van der Waals surface area contributed by atoms with Crippen LogP contribution in [0, 0.1) is 0 Å². The molecule has 0 amide bonds. The summed E-state index contributed by atoms with van der Waals surface area (Å²) >= 11 is 9.36. The Hall–Kier alpha value is -1.04. The van der Waals surface area contributed by atoms with Crippen LogP contribution in [0.1, 0.15) is 5.56 Å². The lowest BCUT2D eigenvalue weighted by Crippen LogP contribution is -2.02. The molecule has 0 aliphatic heterocycles. The van der Waals surface area contributed by atoms with E-state index in [0.29, 0.717) is 18.1 Å². The number of nitrogens with one attached hydrogen (secondary N) is 1. The van der Waals surface area contributed by atoms with E-state index in [1.807, 2.05) is 24.4 Å². The van der Waals surface area contributed by atoms with E-state index >= 15 is 0 Å². The second-order valence-corrected chi connectivity index (χ2v) is 5.08. The molecule has 6 heteroatoms. The van der Waals surface area contributed by atoms with E-state index in [-0.39, 0.29) is 6.61 Å². The Balaban J connectivity index is 1.95. The Bertz CT molecular complexity index is 530. The van der Waals surface area contributed by atoms with Crippen LogP contribution in [-0.2, 0) is 13.1 Å². The van der Waals surface area contributed by atoms with Crippen molar-refractivity contribution < 1.29 is 5.11 Å². The zero-order valence-electron chi connectivity index (χ0n) is 9.61. The van der Waals surface area contributed by atoms with Gasteiger partial charge in [-0.3, -0.25) is 4.68 Å². The van der Waals surface area contributed by atoms with E-state index < -0.39 is 0 Å². The Morgan fingerprint density at radius 2 is 2.28 bits per heavy atom. The molecule has 0 saturated heterocycles. The number of halogens is 2. The van der Waals surface area contributed by atoms with Crippen molar-refractivity contribution in [1.29, 1.82) is 0 Å². The molecular formula is C12H13BrClN3O. The van der Waals surface area contributed by atoms with Crippen molar-refractivity contribution in [3.63, 3.8) is 0 Å². The summed E-state index contributed by atoms with van der Waals surface area (Å²) in [4.78, 5) is 0. The van der Waals surface area contributed by atoms with E-state index in [1.165, 1.54) is 0 Å². The Morgan fingerprint density at radius 1 is 1.44 bits per heavy atom. The average Bonchev–Trinajstić information content (AvgIpc) is 2.79. The molecule has 18 heavy (non-hydrogen) atoms. The molecule has 1 aromatic heterocycles. The van der Waals surface area contributed by atoms with Crippen LogP contribution < -0.4 is 5.32 Å². The van der Waals surface area contributed by atoms with Crippen molar-refractivity contribution in [2.75, 3.05) is 11.9 Å². The number of aliphatic hydroxyl groups excluding tert-OH is 1. The van der Waals surface area contributed by atoms with Crippen LogP contribution in [0.3, 0.4) is 0 Å². The van der Waals surface area contributed by atoms with Crippen molar-refractivity contribution in [3.8, 4) is 0 Å². The molecule has 2 aromatic rings. The van der Waals surface area contributed by atoms with Gasteiger partial charge in [0.1, 0.15) is 0 Å². The lowest BCUT2D eigenvalue weighted by Gasteiger charge is -2.05. The minimum Gasteiger partial charge on any atom is -0.394 e. The molecule has 0 bridgehead atoms. The van der Waals surface area contributed by atoms with E-state index in [1.54, 1.807) is 10.9 Å². The molecule has 4 nitrogen and oxygen atoms in total. The quantitative estimate of drug-likeness (QED) is 0.886. The largest absolute Gasteiger partial charge is 0.394 e. The fourth-order valence-electron chi connectivity index (χ4n) is 1.53. The van der Waals surface area contributed by atoms with Crippen LogP contribution in [0.5, 0.6) is 0 Å². The summed E-state index contributed by atoms with van der Waals surface area (Å²) in [6.07, 6.45) is 3.69. The molecule has 1 aromatic carbocycles. The molecule has 1 heterocycles. The summed E-state index contributed by atoms with van der Waals surface area (Å²) in [6.45, 7) is 1.28. The highest BCUT2D eigenvalue weighted by atomic mass is 79.9. The fourth-order valence-corrected chi connectivity index (χ4v) is 1.96. The first-order valence-corrected chi connectivity index (χ1v) is 6.67. The van der Waals surface area contributed by atoms with Crippen molar-refractivity contribution in [2.24, 2.45) is 0 Å². The van der Waals surface area contributed by atoms with Crippen LogP contribution in [-0.4, -0.2) is 21.5 Å². The molecule has 0 unspecified atom stereocenters. The lowest BCUT2D eigenvalue weighted by molar-refractivity contribution is 0.269. The van der Waals surface area contributed by atoms with Gasteiger partial charge in [-0.15, -0.1) is 0 Å². The molecule has 0 aliphatic carbocycles. The number of hydrogen-bond acceptors (Lipinski definition) is 3. The smallest absolute Gasteiger partial charge is 0.0640 e. The molecule has 2 N–H and O–H groups in total. The number of aromatic nitrogens is 2. The van der Waals surface area contributed by atoms with Gasteiger partial charge in [0.2, 0.25) is 0 Å². The monoisotopic (exact) mass is 329 g/mol. The third-order valence-corrected chi connectivity index (χ3v) is 3.66. The number of hydrogen-bond donors (Lipinski definition) is 2. The van der Waals surface area contributed by atoms with Crippen LogP contribution in [0.25, 0.3) is 0 Å². The van der Waals surface area contributed by atoms with Gasteiger partial charge in [-0.2, -0.15) is 5.10 Å². The topological polar surface area (TPSA) is 50.1 Å². The SMILES string of the molecule is OCCn1cc(CNc2ccc(Br)c(Cl)c2)cn1. The summed E-state index contributed by atoms with van der Waals surface area (Å²) in [7, 11) is 0. The first kappa shape index (κ1) is 13.4. The number of anilines is 1. The Kier molecular flexibility index (Phi) is 4.63. The van der Waals surface area contributed by atoms with Gasteiger partial charge in [-0.05, 0) is 34.1 Å². The maximum atomic E-state index is 8.80. The highest BCUT2D eigenvalue weighted by Crippen LogP contribution is 2.25. The van der Waals surface area contributed by atoms with Crippen LogP contribution in [0.2, 0.25) is 5.02 Å². The van der Waals surface area contributed by atoms with E-state index in [4.69, 9.17) is 16.7 Å².